The number of allylic oxidation sites excluding steroid dienone is 19. The molecule has 0 bridgehead atoms. The topological polar surface area (TPSA) is 237 Å². The normalized spacial score (nSPS) is 14.5. The molecule has 0 radical (unpaired) electrons. The van der Waals surface area contributed by atoms with Gasteiger partial charge in [0.25, 0.3) is 0 Å². The van der Waals surface area contributed by atoms with E-state index in [1.807, 2.05) is 18.2 Å². The second kappa shape index (κ2) is 76.6. The number of aliphatic hydroxyl groups excluding tert-OH is 1. The highest BCUT2D eigenvalue weighted by molar-refractivity contribution is 7.47. The zero-order chi connectivity index (χ0) is 76.0. The molecule has 19 heteroatoms. The number of ether oxygens (including phenoxy) is 4. The Morgan fingerprint density at radius 1 is 0.288 bits per heavy atom. The van der Waals surface area contributed by atoms with Crippen LogP contribution in [0, 0.1) is 0 Å². The molecular formula is C85H146O17P2. The highest BCUT2D eigenvalue weighted by atomic mass is 31.2. The minimum Gasteiger partial charge on any atom is -0.462 e. The van der Waals surface area contributed by atoms with E-state index < -0.39 is 97.5 Å². The van der Waals surface area contributed by atoms with Gasteiger partial charge in [0.05, 0.1) is 32.8 Å². The Kier molecular flexibility index (Phi) is 73.3. The maximum absolute atomic E-state index is 13.1. The summed E-state index contributed by atoms with van der Waals surface area (Å²) in [6, 6.07) is 0. The first-order chi connectivity index (χ1) is 50.7. The molecular weight excluding hydrogens is 1350 g/mol. The molecule has 0 spiro atoms. The molecule has 0 saturated carbocycles. The summed E-state index contributed by atoms with van der Waals surface area (Å²) >= 11 is 0. The molecule has 104 heavy (non-hydrogen) atoms. The van der Waals surface area contributed by atoms with Crippen molar-refractivity contribution in [3.8, 4) is 0 Å². The van der Waals surface area contributed by atoms with E-state index in [4.69, 9.17) is 37.0 Å². The molecule has 3 N–H and O–H groups in total. The summed E-state index contributed by atoms with van der Waals surface area (Å²) in [5.74, 6) is -2.34. The van der Waals surface area contributed by atoms with E-state index in [9.17, 15) is 43.2 Å². The van der Waals surface area contributed by atoms with Crippen molar-refractivity contribution in [2.75, 3.05) is 39.6 Å². The number of esters is 4. The third kappa shape index (κ3) is 75.7. The van der Waals surface area contributed by atoms with Crippen LogP contribution in [0.1, 0.15) is 336 Å². The fourth-order valence-corrected chi connectivity index (χ4v) is 12.3. The lowest BCUT2D eigenvalue weighted by Crippen LogP contribution is -2.30. The maximum Gasteiger partial charge on any atom is 0.472 e. The van der Waals surface area contributed by atoms with Crippen LogP contribution in [-0.4, -0.2) is 96.7 Å². The highest BCUT2D eigenvalue weighted by Gasteiger charge is 2.30. The summed E-state index contributed by atoms with van der Waals surface area (Å²) in [6.45, 7) is 4.60. The number of carbonyl (C=O) groups is 4. The van der Waals surface area contributed by atoms with Crippen LogP contribution in [0.25, 0.3) is 0 Å². The van der Waals surface area contributed by atoms with E-state index in [-0.39, 0.29) is 25.7 Å². The summed E-state index contributed by atoms with van der Waals surface area (Å²) in [5, 5.41) is 10.6. The van der Waals surface area contributed by atoms with Crippen LogP contribution in [0.5, 0.6) is 0 Å². The molecule has 0 amide bonds. The zero-order valence-electron chi connectivity index (χ0n) is 65.4. The van der Waals surface area contributed by atoms with Crippen molar-refractivity contribution < 1.29 is 80.2 Å². The quantitative estimate of drug-likeness (QED) is 0.0169. The molecule has 5 atom stereocenters. The standard InChI is InChI=1S/C85H146O17P2/c1-5-9-13-17-21-25-29-33-37-38-39-40-44-46-50-54-58-62-66-70-83(88)96-76-81(102-85(90)72-68-64-60-56-52-48-43-36-32-28-24-20-16-12-8-4)78-100-104(93,94)98-74-79(86)73-97-103(91,92)99-77-80(101-84(89)71-67-63-59-55-51-47-42-35-31-27-23-19-15-11-7-3)75-95-82(87)69-65-61-57-53-49-45-41-34-30-26-22-18-14-10-6-2/h10,14,21-23,25-27,33-35,37,39-42,49,53,61,65,79-81,86H,5-9,11-13,15-20,24,28-32,36,38,43-48,50-52,54-60,62-64,66-78H2,1-4H3,(H,91,92)(H,93,94)/b14-10-,25-21-,26-22-,27-23-,37-33-,40-39-,41-34-,42-35-,53-49-,65-61-. The first kappa shape index (κ1) is 99.5. The molecule has 598 valence electrons. The lowest BCUT2D eigenvalue weighted by Gasteiger charge is -2.21. The van der Waals surface area contributed by atoms with Gasteiger partial charge in [0.2, 0.25) is 0 Å². The number of unbranched alkanes of at least 4 members (excludes halogenated alkanes) is 31. The van der Waals surface area contributed by atoms with Gasteiger partial charge in [-0.1, -0.05) is 310 Å². The number of hydrogen-bond acceptors (Lipinski definition) is 15. The van der Waals surface area contributed by atoms with E-state index in [0.29, 0.717) is 25.7 Å². The van der Waals surface area contributed by atoms with Crippen LogP contribution in [0.2, 0.25) is 0 Å². The monoisotopic (exact) mass is 1500 g/mol. The van der Waals surface area contributed by atoms with Gasteiger partial charge in [-0.15, -0.1) is 0 Å². The van der Waals surface area contributed by atoms with Crippen LogP contribution in [0.3, 0.4) is 0 Å². The summed E-state index contributed by atoms with van der Waals surface area (Å²) < 4.78 is 68.5. The van der Waals surface area contributed by atoms with E-state index in [0.717, 1.165) is 154 Å². The first-order valence-corrected chi connectivity index (χ1v) is 43.8. The smallest absolute Gasteiger partial charge is 0.462 e. The fraction of sp³-hybridized carbons (Fsp3) is 0.718. The van der Waals surface area contributed by atoms with Crippen LogP contribution < -0.4 is 0 Å². The summed E-state index contributed by atoms with van der Waals surface area (Å²) in [5.41, 5.74) is 0. The van der Waals surface area contributed by atoms with E-state index in [1.165, 1.54) is 103 Å². The Hall–Kier alpha value is -4.54. The van der Waals surface area contributed by atoms with Crippen LogP contribution in [0.4, 0.5) is 0 Å². The Balaban J connectivity index is 5.42. The average Bonchev–Trinajstić information content (AvgIpc) is 0.912. The van der Waals surface area contributed by atoms with Gasteiger partial charge in [-0.25, -0.2) is 9.13 Å². The predicted octanol–water partition coefficient (Wildman–Crippen LogP) is 23.9. The van der Waals surface area contributed by atoms with Gasteiger partial charge in [-0.3, -0.25) is 37.3 Å². The van der Waals surface area contributed by atoms with Gasteiger partial charge in [0.1, 0.15) is 19.3 Å². The van der Waals surface area contributed by atoms with Crippen molar-refractivity contribution in [3.05, 3.63) is 122 Å². The van der Waals surface area contributed by atoms with E-state index in [2.05, 4.69) is 125 Å². The second-order valence-electron chi connectivity index (χ2n) is 27.0. The molecule has 0 aliphatic rings. The van der Waals surface area contributed by atoms with Crippen molar-refractivity contribution in [1.29, 1.82) is 0 Å². The van der Waals surface area contributed by atoms with Gasteiger partial charge >= 0.3 is 39.5 Å². The number of phosphoric acid groups is 2. The number of phosphoric ester groups is 2. The van der Waals surface area contributed by atoms with Crippen LogP contribution in [-0.2, 0) is 65.4 Å². The average molecular weight is 1500 g/mol. The molecule has 0 aliphatic heterocycles. The molecule has 0 aromatic rings. The fourth-order valence-electron chi connectivity index (χ4n) is 10.7. The molecule has 0 heterocycles. The van der Waals surface area contributed by atoms with Crippen molar-refractivity contribution in [3.63, 3.8) is 0 Å². The Morgan fingerprint density at radius 3 is 0.875 bits per heavy atom. The number of rotatable bonds is 76. The molecule has 0 fully saturated rings. The molecule has 0 saturated heterocycles. The third-order valence-electron chi connectivity index (χ3n) is 16.9. The van der Waals surface area contributed by atoms with Gasteiger partial charge in [0.15, 0.2) is 12.2 Å². The number of carbonyl (C=O) groups excluding carboxylic acids is 4. The second-order valence-corrected chi connectivity index (χ2v) is 29.9. The molecule has 5 unspecified atom stereocenters. The summed E-state index contributed by atoms with van der Waals surface area (Å²) in [4.78, 5) is 73.0. The third-order valence-corrected chi connectivity index (χ3v) is 18.8. The largest absolute Gasteiger partial charge is 0.472 e. The SMILES string of the molecule is CC/C=C\C/C=C\C/C=C\C/C=C\C/C=C\CC(=O)OCC(COP(=O)(O)OCC(O)COP(=O)(O)OCC(COC(=O)CCCCCCCC/C=C\C/C=C\C/C=C\CCCCC)OC(=O)CCCCCCCCCCCCCCCCC)OC(=O)CCCCCCC/C=C\C/C=C\CCCCC. The molecule has 0 aromatic heterocycles. The van der Waals surface area contributed by atoms with Gasteiger partial charge in [-0.05, 0) is 122 Å². The van der Waals surface area contributed by atoms with Crippen molar-refractivity contribution in [2.24, 2.45) is 0 Å². The van der Waals surface area contributed by atoms with Crippen molar-refractivity contribution >= 4 is 39.5 Å². The molecule has 0 rings (SSSR count). The van der Waals surface area contributed by atoms with Crippen LogP contribution in [0.15, 0.2) is 122 Å². The van der Waals surface area contributed by atoms with Crippen molar-refractivity contribution in [2.45, 2.75) is 354 Å². The lowest BCUT2D eigenvalue weighted by molar-refractivity contribution is -0.161. The van der Waals surface area contributed by atoms with Crippen molar-refractivity contribution in [1.82, 2.24) is 0 Å². The lowest BCUT2D eigenvalue weighted by atomic mass is 10.0. The summed E-state index contributed by atoms with van der Waals surface area (Å²) in [6.07, 6.45) is 84.8. The summed E-state index contributed by atoms with van der Waals surface area (Å²) in [7, 11) is -9.99. The Bertz CT molecular complexity index is 2440. The van der Waals surface area contributed by atoms with E-state index in [1.54, 1.807) is 6.08 Å². The minimum atomic E-state index is -5.00. The van der Waals surface area contributed by atoms with Gasteiger partial charge in [-0.2, -0.15) is 0 Å². The molecule has 17 nitrogen and oxygen atoms in total. The highest BCUT2D eigenvalue weighted by Crippen LogP contribution is 2.45. The molecule has 0 aromatic carbocycles. The Morgan fingerprint density at radius 2 is 0.538 bits per heavy atom. The Labute approximate surface area is 632 Å². The minimum absolute atomic E-state index is 0.0578. The number of hydrogen-bond donors (Lipinski definition) is 3. The predicted molar refractivity (Wildman–Crippen MR) is 427 cm³/mol. The maximum atomic E-state index is 13.1. The molecule has 0 aliphatic carbocycles. The zero-order valence-corrected chi connectivity index (χ0v) is 67.2. The number of aliphatic hydroxyl groups is 1. The van der Waals surface area contributed by atoms with Crippen LogP contribution >= 0.6 is 15.6 Å². The van der Waals surface area contributed by atoms with Gasteiger partial charge < -0.3 is 33.8 Å². The first-order valence-electron chi connectivity index (χ1n) is 40.8. The van der Waals surface area contributed by atoms with E-state index >= 15 is 0 Å². The van der Waals surface area contributed by atoms with Gasteiger partial charge in [0, 0.05) is 19.3 Å².